The molecule has 1 aliphatic heterocycles. The van der Waals surface area contributed by atoms with E-state index in [2.05, 4.69) is 11.8 Å². The summed E-state index contributed by atoms with van der Waals surface area (Å²) in [6.45, 7) is 5.15. The lowest BCUT2D eigenvalue weighted by Gasteiger charge is -2.35. The number of likely N-dealkylation sites (tertiary alicyclic amines) is 1. The van der Waals surface area contributed by atoms with Gasteiger partial charge in [-0.2, -0.15) is 0 Å². The molecule has 1 N–H and O–H groups in total. The standard InChI is InChI=1S/C16H30N2O2/c1-3-14(18-10-6-7-11-18)15(20)17(2)12-16(13-19)8-4-5-9-16/h14,19H,3-13H2,1-2H3/t14-/m1/s1. The summed E-state index contributed by atoms with van der Waals surface area (Å²) < 4.78 is 0. The van der Waals surface area contributed by atoms with E-state index in [9.17, 15) is 9.90 Å². The van der Waals surface area contributed by atoms with Gasteiger partial charge < -0.3 is 10.0 Å². The van der Waals surface area contributed by atoms with Crippen LogP contribution in [0.15, 0.2) is 0 Å². The molecule has 2 aliphatic rings. The highest BCUT2D eigenvalue weighted by atomic mass is 16.3. The molecule has 0 aromatic carbocycles. The Hall–Kier alpha value is -0.610. The van der Waals surface area contributed by atoms with Gasteiger partial charge in [0.15, 0.2) is 0 Å². The van der Waals surface area contributed by atoms with Crippen LogP contribution in [0, 0.1) is 5.41 Å². The maximum absolute atomic E-state index is 12.7. The highest BCUT2D eigenvalue weighted by Crippen LogP contribution is 2.38. The largest absolute Gasteiger partial charge is 0.396 e. The molecule has 1 atom stereocenters. The van der Waals surface area contributed by atoms with Crippen LogP contribution < -0.4 is 0 Å². The first kappa shape index (κ1) is 15.8. The van der Waals surface area contributed by atoms with Gasteiger partial charge in [-0.15, -0.1) is 0 Å². The zero-order valence-corrected chi connectivity index (χ0v) is 13.1. The third-order valence-electron chi connectivity index (χ3n) is 5.20. The van der Waals surface area contributed by atoms with E-state index in [1.54, 1.807) is 0 Å². The molecule has 1 amide bonds. The Balaban J connectivity index is 1.95. The highest BCUT2D eigenvalue weighted by Gasteiger charge is 2.37. The van der Waals surface area contributed by atoms with Crippen LogP contribution in [-0.2, 0) is 4.79 Å². The summed E-state index contributed by atoms with van der Waals surface area (Å²) in [5.74, 6) is 0.245. The Labute approximate surface area is 123 Å². The highest BCUT2D eigenvalue weighted by molar-refractivity contribution is 5.81. The third kappa shape index (κ3) is 3.34. The first-order chi connectivity index (χ1) is 9.62. The molecule has 0 aromatic heterocycles. The average molecular weight is 282 g/mol. The number of amides is 1. The van der Waals surface area contributed by atoms with E-state index in [1.165, 1.54) is 25.7 Å². The quantitative estimate of drug-likeness (QED) is 0.809. The second kappa shape index (κ2) is 6.90. The summed E-state index contributed by atoms with van der Waals surface area (Å²) in [6, 6.07) is 0.0413. The van der Waals surface area contributed by atoms with Crippen molar-refractivity contribution in [3.8, 4) is 0 Å². The molecule has 0 bridgehead atoms. The normalized spacial score (nSPS) is 23.9. The molecule has 4 heteroatoms. The van der Waals surface area contributed by atoms with Crippen LogP contribution in [0.5, 0.6) is 0 Å². The molecule has 2 rings (SSSR count). The summed E-state index contributed by atoms with van der Waals surface area (Å²) >= 11 is 0. The van der Waals surface area contributed by atoms with E-state index in [0.29, 0.717) is 6.54 Å². The summed E-state index contributed by atoms with van der Waals surface area (Å²) in [7, 11) is 1.91. The number of carbonyl (C=O) groups is 1. The van der Waals surface area contributed by atoms with Gasteiger partial charge in [0, 0.05) is 19.0 Å². The van der Waals surface area contributed by atoms with Crippen molar-refractivity contribution < 1.29 is 9.90 Å². The molecule has 0 aromatic rings. The van der Waals surface area contributed by atoms with E-state index in [-0.39, 0.29) is 24.0 Å². The van der Waals surface area contributed by atoms with E-state index in [4.69, 9.17) is 0 Å². The molecule has 0 spiro atoms. The van der Waals surface area contributed by atoms with E-state index in [0.717, 1.165) is 32.4 Å². The molecule has 2 fully saturated rings. The number of likely N-dealkylation sites (N-methyl/N-ethyl adjacent to an activating group) is 1. The summed E-state index contributed by atoms with van der Waals surface area (Å²) in [6.07, 6.45) is 7.80. The number of hydrogen-bond donors (Lipinski definition) is 1. The first-order valence-electron chi connectivity index (χ1n) is 8.22. The second-order valence-corrected chi connectivity index (χ2v) is 6.73. The first-order valence-corrected chi connectivity index (χ1v) is 8.22. The summed E-state index contributed by atoms with van der Waals surface area (Å²) in [5.41, 5.74) is -0.0340. The van der Waals surface area contributed by atoms with E-state index in [1.807, 2.05) is 11.9 Å². The molecular weight excluding hydrogens is 252 g/mol. The van der Waals surface area contributed by atoms with Crippen LogP contribution in [-0.4, -0.2) is 60.1 Å². The number of carbonyl (C=O) groups excluding carboxylic acids is 1. The van der Waals surface area contributed by atoms with E-state index >= 15 is 0 Å². The Morgan fingerprint density at radius 1 is 1.25 bits per heavy atom. The van der Waals surface area contributed by atoms with Crippen molar-refractivity contribution in [2.45, 2.75) is 57.9 Å². The second-order valence-electron chi connectivity index (χ2n) is 6.73. The SMILES string of the molecule is CC[C@H](C(=O)N(C)CC1(CO)CCCC1)N1CCCC1. The van der Waals surface area contributed by atoms with Gasteiger partial charge >= 0.3 is 0 Å². The van der Waals surface area contributed by atoms with Crippen LogP contribution in [0.2, 0.25) is 0 Å². The molecule has 1 saturated heterocycles. The number of aliphatic hydroxyl groups excluding tert-OH is 1. The lowest BCUT2D eigenvalue weighted by Crippen LogP contribution is -2.49. The molecule has 1 aliphatic carbocycles. The lowest BCUT2D eigenvalue weighted by molar-refractivity contribution is -0.137. The molecule has 0 radical (unpaired) electrons. The lowest BCUT2D eigenvalue weighted by atomic mass is 9.86. The molecule has 4 nitrogen and oxygen atoms in total. The fourth-order valence-corrected chi connectivity index (χ4v) is 3.97. The van der Waals surface area contributed by atoms with Crippen molar-refractivity contribution in [3.05, 3.63) is 0 Å². The number of hydrogen-bond acceptors (Lipinski definition) is 3. The number of nitrogens with zero attached hydrogens (tertiary/aromatic N) is 2. The van der Waals surface area contributed by atoms with Crippen LogP contribution in [0.3, 0.4) is 0 Å². The van der Waals surface area contributed by atoms with Gasteiger partial charge in [-0.1, -0.05) is 19.8 Å². The third-order valence-corrected chi connectivity index (χ3v) is 5.20. The van der Waals surface area contributed by atoms with Crippen molar-refractivity contribution in [3.63, 3.8) is 0 Å². The Bertz CT molecular complexity index is 320. The van der Waals surface area contributed by atoms with Gasteiger partial charge in [-0.3, -0.25) is 9.69 Å². The smallest absolute Gasteiger partial charge is 0.239 e. The minimum absolute atomic E-state index is 0.0340. The van der Waals surface area contributed by atoms with Crippen molar-refractivity contribution >= 4 is 5.91 Å². The monoisotopic (exact) mass is 282 g/mol. The Morgan fingerprint density at radius 2 is 1.85 bits per heavy atom. The van der Waals surface area contributed by atoms with Crippen LogP contribution in [0.1, 0.15) is 51.9 Å². The molecule has 0 unspecified atom stereocenters. The van der Waals surface area contributed by atoms with Gasteiger partial charge in [-0.05, 0) is 45.2 Å². The summed E-state index contributed by atoms with van der Waals surface area (Å²) in [4.78, 5) is 16.9. The molecular formula is C16H30N2O2. The topological polar surface area (TPSA) is 43.8 Å². The Kier molecular flexibility index (Phi) is 5.44. The minimum atomic E-state index is -0.0340. The van der Waals surface area contributed by atoms with Gasteiger partial charge in [0.25, 0.3) is 0 Å². The fraction of sp³-hybridized carbons (Fsp3) is 0.938. The predicted octanol–water partition coefficient (Wildman–Crippen LogP) is 1.87. The maximum Gasteiger partial charge on any atom is 0.239 e. The minimum Gasteiger partial charge on any atom is -0.396 e. The van der Waals surface area contributed by atoms with Crippen LogP contribution in [0.4, 0.5) is 0 Å². The zero-order valence-electron chi connectivity index (χ0n) is 13.1. The zero-order chi connectivity index (χ0) is 14.6. The molecule has 20 heavy (non-hydrogen) atoms. The van der Waals surface area contributed by atoms with E-state index < -0.39 is 0 Å². The van der Waals surface area contributed by atoms with Crippen molar-refractivity contribution in [1.82, 2.24) is 9.80 Å². The molecule has 1 heterocycles. The van der Waals surface area contributed by atoms with Crippen LogP contribution in [0.25, 0.3) is 0 Å². The van der Waals surface area contributed by atoms with Crippen molar-refractivity contribution in [2.75, 3.05) is 33.3 Å². The number of aliphatic hydroxyl groups is 1. The maximum atomic E-state index is 12.7. The number of rotatable bonds is 6. The Morgan fingerprint density at radius 3 is 2.35 bits per heavy atom. The predicted molar refractivity (Wildman–Crippen MR) is 80.5 cm³/mol. The van der Waals surface area contributed by atoms with Crippen molar-refractivity contribution in [2.24, 2.45) is 5.41 Å². The van der Waals surface area contributed by atoms with Gasteiger partial charge in [0.05, 0.1) is 12.6 Å². The molecule has 116 valence electrons. The van der Waals surface area contributed by atoms with Crippen molar-refractivity contribution in [1.29, 1.82) is 0 Å². The van der Waals surface area contributed by atoms with Crippen LogP contribution >= 0.6 is 0 Å². The molecule has 1 saturated carbocycles. The fourth-order valence-electron chi connectivity index (χ4n) is 3.97. The summed E-state index contributed by atoms with van der Waals surface area (Å²) in [5, 5.41) is 9.71. The van der Waals surface area contributed by atoms with Gasteiger partial charge in [0.2, 0.25) is 5.91 Å². The average Bonchev–Trinajstić information content (AvgIpc) is 3.11. The van der Waals surface area contributed by atoms with Gasteiger partial charge in [-0.25, -0.2) is 0 Å². The van der Waals surface area contributed by atoms with Gasteiger partial charge in [0.1, 0.15) is 0 Å².